The molecule has 1 aromatic carbocycles. The van der Waals surface area contributed by atoms with Crippen LogP contribution in [0.15, 0.2) is 18.2 Å². The highest BCUT2D eigenvalue weighted by atomic mass is 16.2. The number of hydrogen-bond donors (Lipinski definition) is 1. The maximum atomic E-state index is 12.9. The number of rotatable bonds is 5. The predicted octanol–water partition coefficient (Wildman–Crippen LogP) is 0.876. The Balaban J connectivity index is 1.37. The van der Waals surface area contributed by atoms with E-state index >= 15 is 0 Å². The lowest BCUT2D eigenvalue weighted by atomic mass is 10.1. The molecule has 0 bridgehead atoms. The molecule has 8 heteroatoms. The van der Waals surface area contributed by atoms with Gasteiger partial charge in [-0.15, -0.1) is 5.10 Å². The maximum absolute atomic E-state index is 12.9. The Kier molecular flexibility index (Phi) is 4.82. The Hall–Kier alpha value is -2.48. The van der Waals surface area contributed by atoms with E-state index in [9.17, 15) is 9.59 Å². The number of aryl methyl sites for hydroxylation is 1. The Bertz CT molecular complexity index is 851. The van der Waals surface area contributed by atoms with Crippen LogP contribution in [0, 0.1) is 0 Å². The number of benzene rings is 1. The van der Waals surface area contributed by atoms with Crippen LogP contribution in [0.3, 0.4) is 0 Å². The molecule has 8 nitrogen and oxygen atoms in total. The highest BCUT2D eigenvalue weighted by Crippen LogP contribution is 2.20. The zero-order valence-electron chi connectivity index (χ0n) is 15.9. The maximum Gasteiger partial charge on any atom is 0.254 e. The Morgan fingerprint density at radius 1 is 1.22 bits per heavy atom. The van der Waals surface area contributed by atoms with Gasteiger partial charge in [0.15, 0.2) is 0 Å². The zero-order chi connectivity index (χ0) is 19.0. The number of fused-ring (bicyclic) bond motifs is 1. The standard InChI is InChI=1S/C19H26N6O2/c1-3-25-17-7-4-14(12-16(17)21-22-25)19(27)24-10-8-23(9-11-24)13(2)18(26)20-15-5-6-15/h4,7,12-13,15H,3,5-6,8-11H2,1-2H3,(H,20,26). The van der Waals surface area contributed by atoms with Crippen molar-refractivity contribution in [1.82, 2.24) is 30.1 Å². The molecule has 1 aliphatic heterocycles. The Morgan fingerprint density at radius 3 is 2.63 bits per heavy atom. The van der Waals surface area contributed by atoms with Crippen molar-refractivity contribution in [2.75, 3.05) is 26.2 Å². The van der Waals surface area contributed by atoms with E-state index in [2.05, 4.69) is 20.5 Å². The van der Waals surface area contributed by atoms with Crippen molar-refractivity contribution in [2.45, 2.75) is 45.3 Å². The lowest BCUT2D eigenvalue weighted by Gasteiger charge is -2.37. The summed E-state index contributed by atoms with van der Waals surface area (Å²) in [4.78, 5) is 29.1. The highest BCUT2D eigenvalue weighted by Gasteiger charge is 2.31. The van der Waals surface area contributed by atoms with Crippen molar-refractivity contribution >= 4 is 22.8 Å². The molecule has 0 spiro atoms. The van der Waals surface area contributed by atoms with Crippen LogP contribution in [0.2, 0.25) is 0 Å². The van der Waals surface area contributed by atoms with Gasteiger partial charge in [0.1, 0.15) is 5.52 Å². The van der Waals surface area contributed by atoms with E-state index in [1.807, 2.05) is 41.6 Å². The van der Waals surface area contributed by atoms with Crippen LogP contribution in [0.1, 0.15) is 37.0 Å². The summed E-state index contributed by atoms with van der Waals surface area (Å²) in [6.45, 7) is 7.37. The lowest BCUT2D eigenvalue weighted by Crippen LogP contribution is -2.55. The van der Waals surface area contributed by atoms with Crippen LogP contribution in [-0.4, -0.2) is 74.9 Å². The number of carbonyl (C=O) groups is 2. The summed E-state index contributed by atoms with van der Waals surface area (Å²) in [5, 5.41) is 11.3. The molecular formula is C19H26N6O2. The van der Waals surface area contributed by atoms with E-state index in [0.29, 0.717) is 37.8 Å². The average Bonchev–Trinajstić information content (AvgIpc) is 3.42. The van der Waals surface area contributed by atoms with Crippen molar-refractivity contribution in [3.05, 3.63) is 23.8 Å². The third-order valence-electron chi connectivity index (χ3n) is 5.51. The molecule has 27 heavy (non-hydrogen) atoms. The van der Waals surface area contributed by atoms with Gasteiger partial charge in [0.05, 0.1) is 11.6 Å². The van der Waals surface area contributed by atoms with Crippen molar-refractivity contribution in [3.63, 3.8) is 0 Å². The van der Waals surface area contributed by atoms with Crippen LogP contribution >= 0.6 is 0 Å². The van der Waals surface area contributed by atoms with Crippen LogP contribution in [0.25, 0.3) is 11.0 Å². The second-order valence-electron chi connectivity index (χ2n) is 7.40. The van der Waals surface area contributed by atoms with Gasteiger partial charge in [0, 0.05) is 44.3 Å². The fraction of sp³-hybridized carbons (Fsp3) is 0.579. The number of carbonyl (C=O) groups excluding carboxylic acids is 2. The van der Waals surface area contributed by atoms with E-state index in [4.69, 9.17) is 0 Å². The molecule has 2 heterocycles. The van der Waals surface area contributed by atoms with E-state index in [1.54, 1.807) is 0 Å². The fourth-order valence-electron chi connectivity index (χ4n) is 3.55. The van der Waals surface area contributed by atoms with Gasteiger partial charge in [-0.25, -0.2) is 4.68 Å². The van der Waals surface area contributed by atoms with E-state index < -0.39 is 0 Å². The molecule has 2 aliphatic rings. The topological polar surface area (TPSA) is 83.4 Å². The summed E-state index contributed by atoms with van der Waals surface area (Å²) in [6, 6.07) is 5.80. The van der Waals surface area contributed by atoms with Gasteiger partial charge in [-0.1, -0.05) is 5.21 Å². The zero-order valence-corrected chi connectivity index (χ0v) is 15.9. The van der Waals surface area contributed by atoms with Crippen molar-refractivity contribution in [2.24, 2.45) is 0 Å². The molecule has 0 radical (unpaired) electrons. The molecular weight excluding hydrogens is 344 g/mol. The molecule has 1 aliphatic carbocycles. The molecule has 2 fully saturated rings. The third-order valence-corrected chi connectivity index (χ3v) is 5.51. The second-order valence-corrected chi connectivity index (χ2v) is 7.40. The quantitative estimate of drug-likeness (QED) is 0.845. The van der Waals surface area contributed by atoms with Gasteiger partial charge < -0.3 is 10.2 Å². The Labute approximate surface area is 158 Å². The van der Waals surface area contributed by atoms with E-state index in [1.165, 1.54) is 0 Å². The first kappa shape index (κ1) is 17.9. The average molecular weight is 370 g/mol. The van der Waals surface area contributed by atoms with Gasteiger partial charge in [0.25, 0.3) is 5.91 Å². The van der Waals surface area contributed by atoms with Crippen LogP contribution in [0.5, 0.6) is 0 Å². The summed E-state index contributed by atoms with van der Waals surface area (Å²) in [5.41, 5.74) is 2.32. The minimum Gasteiger partial charge on any atom is -0.352 e. The molecule has 2 amide bonds. The number of amides is 2. The number of nitrogens with zero attached hydrogens (tertiary/aromatic N) is 5. The number of aromatic nitrogens is 3. The first-order valence-corrected chi connectivity index (χ1v) is 9.73. The first-order chi connectivity index (χ1) is 13.1. The molecule has 4 rings (SSSR count). The molecule has 1 aromatic heterocycles. The normalized spacial score (nSPS) is 19.3. The summed E-state index contributed by atoms with van der Waals surface area (Å²) in [5.74, 6) is 0.111. The van der Waals surface area contributed by atoms with Gasteiger partial charge in [0.2, 0.25) is 5.91 Å². The fourth-order valence-corrected chi connectivity index (χ4v) is 3.55. The molecule has 1 saturated carbocycles. The minimum atomic E-state index is -0.150. The van der Waals surface area contributed by atoms with Crippen LogP contribution < -0.4 is 5.32 Å². The lowest BCUT2D eigenvalue weighted by molar-refractivity contribution is -0.126. The van der Waals surface area contributed by atoms with Crippen molar-refractivity contribution in [3.8, 4) is 0 Å². The van der Waals surface area contributed by atoms with E-state index in [-0.39, 0.29) is 17.9 Å². The molecule has 1 unspecified atom stereocenters. The SMILES string of the molecule is CCn1nnc2cc(C(=O)N3CCN(C(C)C(=O)NC4CC4)CC3)ccc21. The largest absolute Gasteiger partial charge is 0.352 e. The Morgan fingerprint density at radius 2 is 1.96 bits per heavy atom. The number of piperazine rings is 1. The van der Waals surface area contributed by atoms with Gasteiger partial charge in [-0.3, -0.25) is 14.5 Å². The summed E-state index contributed by atoms with van der Waals surface area (Å²) in [6.07, 6.45) is 2.19. The monoisotopic (exact) mass is 370 g/mol. The van der Waals surface area contributed by atoms with Crippen LogP contribution in [0.4, 0.5) is 0 Å². The van der Waals surface area contributed by atoms with Gasteiger partial charge >= 0.3 is 0 Å². The van der Waals surface area contributed by atoms with Gasteiger partial charge in [-0.05, 0) is 44.9 Å². The molecule has 144 valence electrons. The third kappa shape index (κ3) is 3.66. The predicted molar refractivity (Wildman–Crippen MR) is 101 cm³/mol. The van der Waals surface area contributed by atoms with Crippen LogP contribution in [-0.2, 0) is 11.3 Å². The number of nitrogens with one attached hydrogen (secondary N) is 1. The van der Waals surface area contributed by atoms with Gasteiger partial charge in [-0.2, -0.15) is 0 Å². The summed E-state index contributed by atoms with van der Waals surface area (Å²) >= 11 is 0. The molecule has 2 aromatic rings. The summed E-state index contributed by atoms with van der Waals surface area (Å²) < 4.78 is 1.82. The molecule has 1 saturated heterocycles. The minimum absolute atomic E-state index is 0.0117. The van der Waals surface area contributed by atoms with Crippen molar-refractivity contribution in [1.29, 1.82) is 0 Å². The smallest absolute Gasteiger partial charge is 0.254 e. The van der Waals surface area contributed by atoms with Crippen molar-refractivity contribution < 1.29 is 9.59 Å². The number of hydrogen-bond acceptors (Lipinski definition) is 5. The molecule has 1 atom stereocenters. The highest BCUT2D eigenvalue weighted by molar-refractivity contribution is 5.97. The second kappa shape index (κ2) is 7.26. The molecule has 1 N–H and O–H groups in total. The van der Waals surface area contributed by atoms with E-state index in [0.717, 1.165) is 30.4 Å². The summed E-state index contributed by atoms with van der Waals surface area (Å²) in [7, 11) is 0. The first-order valence-electron chi connectivity index (χ1n) is 9.73.